The molecule has 1 atom stereocenters. The summed E-state index contributed by atoms with van der Waals surface area (Å²) in [4.78, 5) is 24.2. The molecule has 0 aliphatic heterocycles. The Bertz CT molecular complexity index is 963. The summed E-state index contributed by atoms with van der Waals surface area (Å²) in [6, 6.07) is 10.9. The topological polar surface area (TPSA) is 111 Å². The molecule has 0 fully saturated rings. The Labute approximate surface area is 167 Å². The van der Waals surface area contributed by atoms with Crippen molar-refractivity contribution < 1.29 is 31.9 Å². The predicted octanol–water partition coefficient (Wildman–Crippen LogP) is 1.47. The van der Waals surface area contributed by atoms with Crippen molar-refractivity contribution in [3.05, 3.63) is 59.9 Å². The van der Waals surface area contributed by atoms with E-state index in [0.29, 0.717) is 0 Å². The average molecular weight is 424 g/mol. The number of methoxy groups -OCH3 is 1. The Balaban J connectivity index is 1.91. The lowest BCUT2D eigenvalue weighted by Gasteiger charge is -2.15. The highest BCUT2D eigenvalue weighted by Crippen LogP contribution is 2.17. The summed E-state index contributed by atoms with van der Waals surface area (Å²) in [6.07, 6.45) is -1.07. The zero-order valence-electron chi connectivity index (χ0n) is 15.8. The third-order valence-corrected chi connectivity index (χ3v) is 5.54. The molecule has 0 bridgehead atoms. The molecular weight excluding hydrogens is 403 g/mol. The summed E-state index contributed by atoms with van der Waals surface area (Å²) in [6.45, 7) is 1.46. The molecule has 0 radical (unpaired) electrons. The fourth-order valence-electron chi connectivity index (χ4n) is 2.20. The average Bonchev–Trinajstić information content (AvgIpc) is 2.72. The number of rotatable bonds is 8. The van der Waals surface area contributed by atoms with E-state index in [9.17, 15) is 22.4 Å². The summed E-state index contributed by atoms with van der Waals surface area (Å²) in [5, 5.41) is 0. The normalized spacial score (nSPS) is 12.1. The maximum absolute atomic E-state index is 13.6. The summed E-state index contributed by atoms with van der Waals surface area (Å²) in [5.41, 5.74) is 4.50. The van der Waals surface area contributed by atoms with Gasteiger partial charge in [-0.1, -0.05) is 12.1 Å². The Morgan fingerprint density at radius 2 is 1.72 bits per heavy atom. The lowest BCUT2D eigenvalue weighted by atomic mass is 10.2. The molecule has 10 heteroatoms. The Morgan fingerprint density at radius 1 is 1.07 bits per heavy atom. The van der Waals surface area contributed by atoms with Crippen LogP contribution in [0.3, 0.4) is 0 Å². The second kappa shape index (κ2) is 9.99. The van der Waals surface area contributed by atoms with E-state index in [-0.39, 0.29) is 28.6 Å². The summed E-state index contributed by atoms with van der Waals surface area (Å²) >= 11 is 0. The van der Waals surface area contributed by atoms with Crippen molar-refractivity contribution in [2.24, 2.45) is 0 Å². The number of para-hydroxylation sites is 1. The van der Waals surface area contributed by atoms with Crippen LogP contribution in [0.1, 0.15) is 17.3 Å². The van der Waals surface area contributed by atoms with E-state index < -0.39 is 33.6 Å². The highest BCUT2D eigenvalue weighted by molar-refractivity contribution is 7.91. The minimum absolute atomic E-state index is 0.0574. The number of amides is 2. The molecular formula is C19H21FN2O6S. The molecule has 0 aliphatic carbocycles. The van der Waals surface area contributed by atoms with Crippen LogP contribution in [0.4, 0.5) is 4.39 Å². The SMILES string of the molecule is COCCS(=O)(=O)c1ccc(C(=O)NNC(=O)C(C)Oc2ccccc2F)cc1. The van der Waals surface area contributed by atoms with Gasteiger partial charge in [0.15, 0.2) is 27.5 Å². The lowest BCUT2D eigenvalue weighted by molar-refractivity contribution is -0.128. The first-order valence-electron chi connectivity index (χ1n) is 8.57. The number of benzene rings is 2. The molecule has 1 unspecified atom stereocenters. The molecule has 0 aromatic heterocycles. The van der Waals surface area contributed by atoms with E-state index in [1.807, 2.05) is 0 Å². The van der Waals surface area contributed by atoms with Gasteiger partial charge in [0.05, 0.1) is 17.3 Å². The number of sulfone groups is 1. The van der Waals surface area contributed by atoms with Crippen LogP contribution >= 0.6 is 0 Å². The van der Waals surface area contributed by atoms with Crippen LogP contribution in [0.25, 0.3) is 0 Å². The van der Waals surface area contributed by atoms with Crippen molar-refractivity contribution in [3.63, 3.8) is 0 Å². The van der Waals surface area contributed by atoms with Crippen LogP contribution in [-0.4, -0.2) is 45.8 Å². The molecule has 2 rings (SSSR count). The third-order valence-electron chi connectivity index (χ3n) is 3.84. The van der Waals surface area contributed by atoms with E-state index in [1.165, 1.54) is 56.5 Å². The van der Waals surface area contributed by atoms with Crippen LogP contribution in [0.5, 0.6) is 5.75 Å². The molecule has 0 spiro atoms. The fourth-order valence-corrected chi connectivity index (χ4v) is 3.37. The molecule has 0 saturated carbocycles. The van der Waals surface area contributed by atoms with Crippen LogP contribution in [0, 0.1) is 5.82 Å². The lowest BCUT2D eigenvalue weighted by Crippen LogP contribution is -2.47. The maximum Gasteiger partial charge on any atom is 0.279 e. The summed E-state index contributed by atoms with van der Waals surface area (Å²) < 4.78 is 47.7. The first kappa shape index (κ1) is 22.3. The number of hydrogen-bond donors (Lipinski definition) is 2. The van der Waals surface area contributed by atoms with Crippen LogP contribution < -0.4 is 15.6 Å². The van der Waals surface area contributed by atoms with Gasteiger partial charge in [-0.3, -0.25) is 20.4 Å². The first-order chi connectivity index (χ1) is 13.7. The first-order valence-corrected chi connectivity index (χ1v) is 10.2. The smallest absolute Gasteiger partial charge is 0.279 e. The van der Waals surface area contributed by atoms with Gasteiger partial charge >= 0.3 is 0 Å². The van der Waals surface area contributed by atoms with Gasteiger partial charge in [0.2, 0.25) is 0 Å². The van der Waals surface area contributed by atoms with Crippen LogP contribution in [0.15, 0.2) is 53.4 Å². The number of carbonyl (C=O) groups excluding carboxylic acids is 2. The van der Waals surface area contributed by atoms with Crippen molar-refractivity contribution >= 4 is 21.7 Å². The zero-order valence-corrected chi connectivity index (χ0v) is 16.7. The number of nitrogens with one attached hydrogen (secondary N) is 2. The van der Waals surface area contributed by atoms with E-state index in [0.717, 1.165) is 0 Å². The van der Waals surface area contributed by atoms with Gasteiger partial charge in [-0.05, 0) is 43.3 Å². The van der Waals surface area contributed by atoms with Gasteiger partial charge in [-0.2, -0.15) is 0 Å². The second-order valence-electron chi connectivity index (χ2n) is 5.97. The molecule has 156 valence electrons. The minimum atomic E-state index is -3.51. The molecule has 2 amide bonds. The van der Waals surface area contributed by atoms with Crippen molar-refractivity contribution in [2.45, 2.75) is 17.9 Å². The highest BCUT2D eigenvalue weighted by atomic mass is 32.2. The molecule has 2 aromatic carbocycles. The van der Waals surface area contributed by atoms with Gasteiger partial charge < -0.3 is 9.47 Å². The van der Waals surface area contributed by atoms with E-state index >= 15 is 0 Å². The summed E-state index contributed by atoms with van der Waals surface area (Å²) in [7, 11) is -2.11. The maximum atomic E-state index is 13.6. The van der Waals surface area contributed by atoms with Crippen LogP contribution in [-0.2, 0) is 19.4 Å². The number of halogens is 1. The number of hydrazine groups is 1. The van der Waals surface area contributed by atoms with Gasteiger partial charge in [0, 0.05) is 12.7 Å². The molecule has 29 heavy (non-hydrogen) atoms. The Kier molecular flexibility index (Phi) is 7.68. The van der Waals surface area contributed by atoms with Gasteiger partial charge in [-0.25, -0.2) is 12.8 Å². The van der Waals surface area contributed by atoms with Gasteiger partial charge in [0.25, 0.3) is 11.8 Å². The van der Waals surface area contributed by atoms with Crippen molar-refractivity contribution in [3.8, 4) is 5.75 Å². The molecule has 2 aromatic rings. The van der Waals surface area contributed by atoms with Crippen molar-refractivity contribution in [1.82, 2.24) is 10.9 Å². The predicted molar refractivity (Wildman–Crippen MR) is 102 cm³/mol. The largest absolute Gasteiger partial charge is 0.478 e. The van der Waals surface area contributed by atoms with E-state index in [2.05, 4.69) is 10.9 Å². The minimum Gasteiger partial charge on any atom is -0.478 e. The number of ether oxygens (including phenoxy) is 2. The van der Waals surface area contributed by atoms with Crippen molar-refractivity contribution in [1.29, 1.82) is 0 Å². The summed E-state index contributed by atoms with van der Waals surface area (Å²) in [5.74, 6) is -2.23. The van der Waals surface area contributed by atoms with Gasteiger partial charge in [0.1, 0.15) is 0 Å². The molecule has 0 aliphatic rings. The monoisotopic (exact) mass is 424 g/mol. The fraction of sp³-hybridized carbons (Fsp3) is 0.263. The standard InChI is InChI=1S/C19H21FN2O6S/c1-13(28-17-6-4-3-5-16(17)20)18(23)21-22-19(24)14-7-9-15(10-8-14)29(25,26)12-11-27-2/h3-10,13H,11-12H2,1-2H3,(H,21,23)(H,22,24). The quantitative estimate of drug-likeness (QED) is 0.621. The number of carbonyl (C=O) groups is 2. The molecule has 8 nitrogen and oxygen atoms in total. The second-order valence-corrected chi connectivity index (χ2v) is 8.08. The zero-order chi connectivity index (χ0) is 21.4. The Morgan fingerprint density at radius 3 is 2.34 bits per heavy atom. The van der Waals surface area contributed by atoms with E-state index in [4.69, 9.17) is 9.47 Å². The van der Waals surface area contributed by atoms with Crippen LogP contribution in [0.2, 0.25) is 0 Å². The third kappa shape index (κ3) is 6.26. The van der Waals surface area contributed by atoms with Gasteiger partial charge in [-0.15, -0.1) is 0 Å². The highest BCUT2D eigenvalue weighted by Gasteiger charge is 2.18. The molecule has 0 heterocycles. The van der Waals surface area contributed by atoms with E-state index in [1.54, 1.807) is 6.07 Å². The molecule has 2 N–H and O–H groups in total. The Hall–Kier alpha value is -2.98. The molecule has 0 saturated heterocycles. The van der Waals surface area contributed by atoms with Crippen molar-refractivity contribution in [2.75, 3.05) is 19.5 Å². The number of hydrogen-bond acceptors (Lipinski definition) is 6.